The van der Waals surface area contributed by atoms with Crippen molar-refractivity contribution in [1.29, 1.82) is 0 Å². The van der Waals surface area contributed by atoms with Crippen molar-refractivity contribution in [2.75, 3.05) is 7.05 Å². The maximum absolute atomic E-state index is 12.7. The number of amides is 1. The van der Waals surface area contributed by atoms with Crippen molar-refractivity contribution in [3.63, 3.8) is 0 Å². The molecule has 8 heteroatoms. The van der Waals surface area contributed by atoms with Gasteiger partial charge < -0.3 is 9.42 Å². The lowest BCUT2D eigenvalue weighted by atomic mass is 10.2. The fourth-order valence-corrected chi connectivity index (χ4v) is 2.50. The van der Waals surface area contributed by atoms with Crippen LogP contribution in [0.4, 0.5) is 0 Å². The van der Waals surface area contributed by atoms with Gasteiger partial charge in [0.2, 0.25) is 11.7 Å². The van der Waals surface area contributed by atoms with Crippen LogP contribution in [-0.4, -0.2) is 42.6 Å². The Bertz CT molecular complexity index is 1020. The summed E-state index contributed by atoms with van der Waals surface area (Å²) in [4.78, 5) is 22.7. The summed E-state index contributed by atoms with van der Waals surface area (Å²) in [7, 11) is 1.68. The first-order valence-electron chi connectivity index (χ1n) is 7.64. The highest BCUT2D eigenvalue weighted by atomic mass is 16.5. The molecule has 0 bridgehead atoms. The third-order valence-corrected chi connectivity index (χ3v) is 3.74. The normalized spacial score (nSPS) is 10.9. The Kier molecular flexibility index (Phi) is 3.70. The number of pyridine rings is 2. The van der Waals surface area contributed by atoms with Gasteiger partial charge in [0.05, 0.1) is 17.3 Å². The van der Waals surface area contributed by atoms with Gasteiger partial charge in [-0.3, -0.25) is 9.78 Å². The molecular formula is C17H14N6O2. The Balaban J connectivity index is 1.53. The van der Waals surface area contributed by atoms with E-state index < -0.39 is 0 Å². The van der Waals surface area contributed by atoms with E-state index >= 15 is 0 Å². The minimum Gasteiger partial charge on any atom is -0.337 e. The van der Waals surface area contributed by atoms with Crippen molar-refractivity contribution in [2.24, 2.45) is 0 Å². The monoisotopic (exact) mass is 334 g/mol. The van der Waals surface area contributed by atoms with Crippen LogP contribution >= 0.6 is 0 Å². The second-order valence-corrected chi connectivity index (χ2v) is 5.48. The summed E-state index contributed by atoms with van der Waals surface area (Å²) < 4.78 is 6.89. The molecular weight excluding hydrogens is 320 g/mol. The smallest absolute Gasteiger partial charge is 0.257 e. The molecule has 0 saturated carbocycles. The van der Waals surface area contributed by atoms with Crippen LogP contribution in [-0.2, 0) is 6.54 Å². The summed E-state index contributed by atoms with van der Waals surface area (Å²) in [6, 6.07) is 11.0. The Labute approximate surface area is 142 Å². The van der Waals surface area contributed by atoms with Crippen molar-refractivity contribution in [2.45, 2.75) is 6.54 Å². The van der Waals surface area contributed by atoms with Crippen LogP contribution in [0, 0.1) is 0 Å². The predicted octanol–water partition coefficient (Wildman–Crippen LogP) is 2.05. The molecule has 0 spiro atoms. The Morgan fingerprint density at radius 3 is 2.96 bits per heavy atom. The van der Waals surface area contributed by atoms with Crippen LogP contribution in [0.25, 0.3) is 17.0 Å². The molecule has 0 atom stereocenters. The number of fused-ring (bicyclic) bond motifs is 1. The van der Waals surface area contributed by atoms with E-state index in [1.807, 2.05) is 30.3 Å². The van der Waals surface area contributed by atoms with Crippen molar-refractivity contribution in [3.05, 3.63) is 66.4 Å². The molecule has 0 saturated heterocycles. The zero-order chi connectivity index (χ0) is 17.2. The van der Waals surface area contributed by atoms with Crippen molar-refractivity contribution in [3.8, 4) is 11.5 Å². The van der Waals surface area contributed by atoms with Gasteiger partial charge >= 0.3 is 0 Å². The summed E-state index contributed by atoms with van der Waals surface area (Å²) >= 11 is 0. The minimum atomic E-state index is -0.168. The van der Waals surface area contributed by atoms with Crippen LogP contribution in [0.1, 0.15) is 16.2 Å². The third kappa shape index (κ3) is 2.85. The maximum Gasteiger partial charge on any atom is 0.257 e. The largest absolute Gasteiger partial charge is 0.337 e. The molecule has 0 aromatic carbocycles. The van der Waals surface area contributed by atoms with Gasteiger partial charge in [0.15, 0.2) is 0 Å². The molecule has 0 aliphatic carbocycles. The van der Waals surface area contributed by atoms with Gasteiger partial charge in [0, 0.05) is 19.4 Å². The van der Waals surface area contributed by atoms with Crippen molar-refractivity contribution >= 4 is 11.4 Å². The summed E-state index contributed by atoms with van der Waals surface area (Å²) in [6.45, 7) is 0.197. The Hall–Kier alpha value is -3.55. The van der Waals surface area contributed by atoms with E-state index in [4.69, 9.17) is 4.52 Å². The summed E-state index contributed by atoms with van der Waals surface area (Å²) in [5.74, 6) is 0.569. The van der Waals surface area contributed by atoms with E-state index in [-0.39, 0.29) is 12.5 Å². The molecule has 0 aliphatic rings. The fourth-order valence-electron chi connectivity index (χ4n) is 2.50. The van der Waals surface area contributed by atoms with E-state index in [9.17, 15) is 4.79 Å². The lowest BCUT2D eigenvalue weighted by molar-refractivity contribution is 0.0771. The zero-order valence-electron chi connectivity index (χ0n) is 13.4. The molecule has 4 aromatic rings. The molecule has 1 amide bonds. The number of aromatic nitrogens is 5. The van der Waals surface area contributed by atoms with E-state index in [1.54, 1.807) is 36.2 Å². The first kappa shape index (κ1) is 15.0. The number of hydrogen-bond acceptors (Lipinski definition) is 6. The van der Waals surface area contributed by atoms with Crippen LogP contribution in [0.15, 0.2) is 59.5 Å². The first-order chi connectivity index (χ1) is 12.2. The number of carbonyl (C=O) groups is 1. The molecule has 0 fully saturated rings. The fraction of sp³-hybridized carbons (Fsp3) is 0.118. The highest BCUT2D eigenvalue weighted by molar-refractivity contribution is 6.00. The topological polar surface area (TPSA) is 89.4 Å². The standard InChI is InChI=1S/C17H14N6O2/c1-22(17(24)12-10-19-23-9-5-3-7-14(12)23)11-15-20-16(21-25-15)13-6-2-4-8-18-13/h2-10H,11H2,1H3. The highest BCUT2D eigenvalue weighted by Gasteiger charge is 2.19. The molecule has 4 aromatic heterocycles. The van der Waals surface area contributed by atoms with E-state index in [1.165, 1.54) is 4.90 Å². The first-order valence-corrected chi connectivity index (χ1v) is 7.64. The van der Waals surface area contributed by atoms with E-state index in [0.29, 0.717) is 23.0 Å². The van der Waals surface area contributed by atoms with Crippen LogP contribution in [0.3, 0.4) is 0 Å². The number of carbonyl (C=O) groups excluding carboxylic acids is 1. The third-order valence-electron chi connectivity index (χ3n) is 3.74. The highest BCUT2D eigenvalue weighted by Crippen LogP contribution is 2.15. The van der Waals surface area contributed by atoms with Gasteiger partial charge in [-0.2, -0.15) is 10.1 Å². The van der Waals surface area contributed by atoms with Gasteiger partial charge in [0.25, 0.3) is 5.91 Å². The average molecular weight is 334 g/mol. The SMILES string of the molecule is CN(Cc1nc(-c2ccccn2)no1)C(=O)c1cnn2ccccc12. The molecule has 4 heterocycles. The molecule has 0 N–H and O–H groups in total. The van der Waals surface area contributed by atoms with Crippen molar-refractivity contribution < 1.29 is 9.32 Å². The molecule has 25 heavy (non-hydrogen) atoms. The van der Waals surface area contributed by atoms with Crippen LogP contribution in [0.5, 0.6) is 0 Å². The van der Waals surface area contributed by atoms with E-state index in [0.717, 1.165) is 5.52 Å². The van der Waals surface area contributed by atoms with Gasteiger partial charge in [-0.05, 0) is 24.3 Å². The summed E-state index contributed by atoms with van der Waals surface area (Å²) in [5, 5.41) is 8.09. The Morgan fingerprint density at radius 2 is 2.12 bits per heavy atom. The summed E-state index contributed by atoms with van der Waals surface area (Å²) in [5.41, 5.74) is 1.89. The van der Waals surface area contributed by atoms with E-state index in [2.05, 4.69) is 20.2 Å². The minimum absolute atomic E-state index is 0.168. The predicted molar refractivity (Wildman–Crippen MR) is 88.5 cm³/mol. The van der Waals surface area contributed by atoms with Gasteiger partial charge in [-0.25, -0.2) is 4.52 Å². The second-order valence-electron chi connectivity index (χ2n) is 5.48. The average Bonchev–Trinajstić information content (AvgIpc) is 3.29. The second kappa shape index (κ2) is 6.16. The van der Waals surface area contributed by atoms with Crippen LogP contribution in [0.2, 0.25) is 0 Å². The number of rotatable bonds is 4. The number of hydrogen-bond donors (Lipinski definition) is 0. The molecule has 124 valence electrons. The van der Waals surface area contributed by atoms with Gasteiger partial charge in [0.1, 0.15) is 12.2 Å². The number of nitrogens with zero attached hydrogens (tertiary/aromatic N) is 6. The lowest BCUT2D eigenvalue weighted by Crippen LogP contribution is -2.26. The quantitative estimate of drug-likeness (QED) is 0.567. The Morgan fingerprint density at radius 1 is 1.24 bits per heavy atom. The molecule has 8 nitrogen and oxygen atoms in total. The molecule has 0 unspecified atom stereocenters. The van der Waals surface area contributed by atoms with Gasteiger partial charge in [-0.15, -0.1) is 0 Å². The molecule has 0 radical (unpaired) electrons. The van der Waals surface area contributed by atoms with Crippen LogP contribution < -0.4 is 0 Å². The van der Waals surface area contributed by atoms with Gasteiger partial charge in [-0.1, -0.05) is 17.3 Å². The molecule has 4 rings (SSSR count). The maximum atomic E-state index is 12.7. The molecule has 0 aliphatic heterocycles. The van der Waals surface area contributed by atoms with Crippen molar-refractivity contribution in [1.82, 2.24) is 29.6 Å². The summed E-state index contributed by atoms with van der Waals surface area (Å²) in [6.07, 6.45) is 5.01. The lowest BCUT2D eigenvalue weighted by Gasteiger charge is -2.13. The zero-order valence-corrected chi connectivity index (χ0v) is 13.4.